The Hall–Kier alpha value is -2.13. The molecule has 0 radical (unpaired) electrons. The van der Waals surface area contributed by atoms with Crippen molar-refractivity contribution in [1.29, 1.82) is 0 Å². The van der Waals surface area contributed by atoms with Gasteiger partial charge in [-0.15, -0.1) is 22.0 Å². The summed E-state index contributed by atoms with van der Waals surface area (Å²) < 4.78 is 0. The third-order valence-corrected chi connectivity index (χ3v) is 6.84. The summed E-state index contributed by atoms with van der Waals surface area (Å²) in [5.41, 5.74) is 0.833. The minimum atomic E-state index is -0.0903. The van der Waals surface area contributed by atoms with Gasteiger partial charge >= 0.3 is 0 Å². The number of hydrogen-bond donors (Lipinski definition) is 1. The number of nitrogens with one attached hydrogen (secondary N) is 1. The van der Waals surface area contributed by atoms with Crippen LogP contribution < -0.4 is 15.1 Å². The van der Waals surface area contributed by atoms with Crippen molar-refractivity contribution in [3.8, 4) is 0 Å². The van der Waals surface area contributed by atoms with E-state index in [4.69, 9.17) is 0 Å². The first-order valence-electron chi connectivity index (χ1n) is 9.48. The van der Waals surface area contributed by atoms with E-state index in [1.807, 2.05) is 30.5 Å². The summed E-state index contributed by atoms with van der Waals surface area (Å²) in [5, 5.41) is 13.0. The molecule has 1 atom stereocenters. The lowest BCUT2D eigenvalue weighted by atomic mass is 9.97. The zero-order valence-electron chi connectivity index (χ0n) is 15.8. The summed E-state index contributed by atoms with van der Waals surface area (Å²) >= 11 is 3.09. The average Bonchev–Trinajstić information content (AvgIpc) is 3.37. The summed E-state index contributed by atoms with van der Waals surface area (Å²) in [5.74, 6) is 0.0703. The molecule has 2 saturated heterocycles. The zero-order valence-corrected chi connectivity index (χ0v) is 17.4. The van der Waals surface area contributed by atoms with Gasteiger partial charge in [-0.3, -0.25) is 14.5 Å². The Kier molecular flexibility index (Phi) is 5.82. The first-order valence-corrected chi connectivity index (χ1v) is 11.5. The molecule has 2 amide bonds. The molecule has 2 fully saturated rings. The van der Waals surface area contributed by atoms with E-state index in [0.717, 1.165) is 41.5 Å². The predicted molar refractivity (Wildman–Crippen MR) is 113 cm³/mol. The van der Waals surface area contributed by atoms with Gasteiger partial charge in [-0.2, -0.15) is 0 Å². The van der Waals surface area contributed by atoms with E-state index in [1.54, 1.807) is 16.7 Å². The minimum absolute atomic E-state index is 0.0439. The number of rotatable bonds is 5. The van der Waals surface area contributed by atoms with Crippen LogP contribution in [0.1, 0.15) is 25.7 Å². The molecule has 2 aliphatic heterocycles. The van der Waals surface area contributed by atoms with Crippen LogP contribution in [-0.2, 0) is 9.59 Å². The highest BCUT2D eigenvalue weighted by atomic mass is 32.2. The Morgan fingerprint density at radius 1 is 1.25 bits per heavy atom. The molecule has 0 spiro atoms. The Labute approximate surface area is 172 Å². The van der Waals surface area contributed by atoms with Crippen LogP contribution in [0.25, 0.3) is 0 Å². The maximum atomic E-state index is 12.8. The second-order valence-corrected chi connectivity index (χ2v) is 8.84. The molecular weight excluding hydrogens is 394 g/mol. The van der Waals surface area contributed by atoms with Gasteiger partial charge in [0, 0.05) is 36.6 Å². The van der Waals surface area contributed by atoms with Crippen molar-refractivity contribution >= 4 is 50.9 Å². The molecule has 1 N–H and O–H groups in total. The predicted octanol–water partition coefficient (Wildman–Crippen LogP) is 3.24. The lowest BCUT2D eigenvalue weighted by molar-refractivity contribution is -0.120. The lowest BCUT2D eigenvalue weighted by Crippen LogP contribution is -2.40. The summed E-state index contributed by atoms with van der Waals surface area (Å²) in [6, 6.07) is 7.90. The number of nitrogens with zero attached hydrogens (tertiary/aromatic N) is 4. The molecule has 28 heavy (non-hydrogen) atoms. The fraction of sp³-hybridized carbons (Fsp3) is 0.474. The van der Waals surface area contributed by atoms with E-state index in [1.165, 1.54) is 11.3 Å². The van der Waals surface area contributed by atoms with E-state index in [9.17, 15) is 9.59 Å². The van der Waals surface area contributed by atoms with Gasteiger partial charge in [0.25, 0.3) is 0 Å². The smallest absolute Gasteiger partial charge is 0.229 e. The summed E-state index contributed by atoms with van der Waals surface area (Å²) in [7, 11) is 0. The van der Waals surface area contributed by atoms with Crippen LogP contribution in [0.15, 0.2) is 29.2 Å². The van der Waals surface area contributed by atoms with E-state index >= 15 is 0 Å². The third kappa shape index (κ3) is 4.15. The van der Waals surface area contributed by atoms with E-state index in [2.05, 4.69) is 20.4 Å². The van der Waals surface area contributed by atoms with Crippen LogP contribution in [0.4, 0.5) is 16.0 Å². The van der Waals surface area contributed by atoms with Gasteiger partial charge in [0.2, 0.25) is 22.1 Å². The molecule has 9 heteroatoms. The highest BCUT2D eigenvalue weighted by molar-refractivity contribution is 7.98. The van der Waals surface area contributed by atoms with Crippen molar-refractivity contribution in [2.75, 3.05) is 41.0 Å². The first kappa shape index (κ1) is 19.2. The molecular formula is C19H23N5O2S2. The lowest BCUT2D eigenvalue weighted by Gasteiger charge is -2.31. The number of thioether (sulfide) groups is 1. The Morgan fingerprint density at radius 2 is 2.11 bits per heavy atom. The molecule has 7 nitrogen and oxygen atoms in total. The summed E-state index contributed by atoms with van der Waals surface area (Å²) in [6.07, 6.45) is 5.27. The van der Waals surface area contributed by atoms with Gasteiger partial charge in [0.1, 0.15) is 0 Å². The number of amides is 2. The third-order valence-electron chi connectivity index (χ3n) is 5.11. The van der Waals surface area contributed by atoms with Crippen LogP contribution >= 0.6 is 23.1 Å². The number of hydrogen-bond acceptors (Lipinski definition) is 7. The standard InChI is InChI=1S/C19H23N5O2S2/c1-27-15-7-2-6-14(11-15)20-17(26)13-5-3-9-23(12-13)18-21-22-19(28-18)24-10-4-8-16(24)25/h2,6-7,11,13H,3-5,8-10,12H2,1H3,(H,20,26)/t13-/m1/s1. The zero-order chi connectivity index (χ0) is 19.5. The van der Waals surface area contributed by atoms with Crippen molar-refractivity contribution in [3.05, 3.63) is 24.3 Å². The summed E-state index contributed by atoms with van der Waals surface area (Å²) in [4.78, 5) is 29.6. The molecule has 0 bridgehead atoms. The van der Waals surface area contributed by atoms with Crippen molar-refractivity contribution in [3.63, 3.8) is 0 Å². The van der Waals surface area contributed by atoms with E-state index in [-0.39, 0.29) is 17.7 Å². The van der Waals surface area contributed by atoms with Crippen molar-refractivity contribution in [1.82, 2.24) is 10.2 Å². The Morgan fingerprint density at radius 3 is 2.89 bits per heavy atom. The van der Waals surface area contributed by atoms with Crippen molar-refractivity contribution in [2.45, 2.75) is 30.6 Å². The van der Waals surface area contributed by atoms with Gasteiger partial charge in [-0.1, -0.05) is 17.4 Å². The van der Waals surface area contributed by atoms with Crippen molar-refractivity contribution in [2.24, 2.45) is 5.92 Å². The maximum absolute atomic E-state index is 12.8. The fourth-order valence-corrected chi connectivity index (χ4v) is 4.99. The minimum Gasteiger partial charge on any atom is -0.346 e. The van der Waals surface area contributed by atoms with E-state index in [0.29, 0.717) is 24.6 Å². The topological polar surface area (TPSA) is 78.4 Å². The number of aromatic nitrogens is 2. The van der Waals surface area contributed by atoms with E-state index < -0.39 is 0 Å². The quantitative estimate of drug-likeness (QED) is 0.753. The van der Waals surface area contributed by atoms with Crippen LogP contribution in [0.5, 0.6) is 0 Å². The van der Waals surface area contributed by atoms with Crippen LogP contribution in [0, 0.1) is 5.92 Å². The second-order valence-electron chi connectivity index (χ2n) is 7.02. The molecule has 1 aromatic carbocycles. The largest absolute Gasteiger partial charge is 0.346 e. The van der Waals surface area contributed by atoms with Gasteiger partial charge < -0.3 is 10.2 Å². The molecule has 0 saturated carbocycles. The Balaban J connectivity index is 1.40. The molecule has 3 heterocycles. The molecule has 0 unspecified atom stereocenters. The van der Waals surface area contributed by atoms with Gasteiger partial charge in [-0.05, 0) is 43.7 Å². The molecule has 1 aromatic heterocycles. The number of benzene rings is 1. The van der Waals surface area contributed by atoms with Gasteiger partial charge in [0.15, 0.2) is 0 Å². The van der Waals surface area contributed by atoms with Crippen LogP contribution in [-0.4, -0.2) is 47.9 Å². The number of carbonyl (C=O) groups excluding carboxylic acids is 2. The van der Waals surface area contributed by atoms with Crippen LogP contribution in [0.3, 0.4) is 0 Å². The van der Waals surface area contributed by atoms with Crippen molar-refractivity contribution < 1.29 is 9.59 Å². The molecule has 2 aliphatic rings. The first-order chi connectivity index (χ1) is 13.6. The fourth-order valence-electron chi connectivity index (χ4n) is 3.61. The normalized spacial score (nSPS) is 19.9. The summed E-state index contributed by atoms with van der Waals surface area (Å²) in [6.45, 7) is 2.19. The highest BCUT2D eigenvalue weighted by Crippen LogP contribution is 2.32. The Bertz CT molecular complexity index is 872. The second kappa shape index (κ2) is 8.48. The SMILES string of the molecule is CSc1cccc(NC(=O)[C@@H]2CCCN(c3nnc(N4CCCC4=O)s3)C2)c1. The molecule has 2 aromatic rings. The molecule has 0 aliphatic carbocycles. The number of piperidine rings is 1. The maximum Gasteiger partial charge on any atom is 0.229 e. The van der Waals surface area contributed by atoms with Crippen LogP contribution in [0.2, 0.25) is 0 Å². The molecule has 4 rings (SSSR count). The molecule has 148 valence electrons. The highest BCUT2D eigenvalue weighted by Gasteiger charge is 2.30. The number of carbonyl (C=O) groups is 2. The number of anilines is 3. The average molecular weight is 418 g/mol. The monoisotopic (exact) mass is 417 g/mol. The van der Waals surface area contributed by atoms with Gasteiger partial charge in [0.05, 0.1) is 5.92 Å². The van der Waals surface area contributed by atoms with Gasteiger partial charge in [-0.25, -0.2) is 0 Å².